The van der Waals surface area contributed by atoms with E-state index in [0.717, 1.165) is 22.2 Å². The summed E-state index contributed by atoms with van der Waals surface area (Å²) in [6.45, 7) is 1.90. The van der Waals surface area contributed by atoms with Crippen molar-refractivity contribution in [3.05, 3.63) is 29.0 Å². The van der Waals surface area contributed by atoms with Crippen LogP contribution in [-0.2, 0) is 6.42 Å². The molecule has 0 saturated heterocycles. The summed E-state index contributed by atoms with van der Waals surface area (Å²) in [7, 11) is 0. The number of furan rings is 1. The molecule has 14 heavy (non-hydrogen) atoms. The number of rotatable bonds is 2. The van der Waals surface area contributed by atoms with Gasteiger partial charge in [0.05, 0.1) is 18.2 Å². The number of hydrogen-bond donors (Lipinski definition) is 0. The fourth-order valence-electron chi connectivity index (χ4n) is 1.13. The Hall–Kier alpha value is -1.60. The van der Waals surface area contributed by atoms with Gasteiger partial charge in [0.1, 0.15) is 5.76 Å². The molecule has 0 aliphatic rings. The summed E-state index contributed by atoms with van der Waals surface area (Å²) in [5, 5.41) is 11.2. The molecular weight excluding hydrogens is 196 g/mol. The van der Waals surface area contributed by atoms with Crippen molar-refractivity contribution in [2.24, 2.45) is 0 Å². The third-order valence-electron chi connectivity index (χ3n) is 1.76. The maximum absolute atomic E-state index is 8.49. The Balaban J connectivity index is 2.30. The Bertz CT molecular complexity index is 478. The van der Waals surface area contributed by atoms with E-state index >= 15 is 0 Å². The molecule has 70 valence electrons. The van der Waals surface area contributed by atoms with Crippen molar-refractivity contribution >= 4 is 11.3 Å². The first kappa shape index (κ1) is 8.97. The van der Waals surface area contributed by atoms with E-state index < -0.39 is 0 Å². The molecule has 0 aromatic carbocycles. The lowest BCUT2D eigenvalue weighted by Gasteiger charge is -1.87. The Kier molecular flexibility index (Phi) is 2.33. The summed E-state index contributed by atoms with van der Waals surface area (Å²) in [5.41, 5.74) is 0.807. The van der Waals surface area contributed by atoms with Gasteiger partial charge in [0.15, 0.2) is 10.8 Å². The van der Waals surface area contributed by atoms with Gasteiger partial charge >= 0.3 is 0 Å². The molecule has 0 bridgehead atoms. The lowest BCUT2D eigenvalue weighted by atomic mass is 10.4. The molecule has 0 amide bonds. The molecule has 0 spiro atoms. The van der Waals surface area contributed by atoms with E-state index in [0.29, 0.717) is 6.42 Å². The van der Waals surface area contributed by atoms with Gasteiger partial charge in [0, 0.05) is 5.38 Å². The van der Waals surface area contributed by atoms with Crippen LogP contribution in [0.3, 0.4) is 0 Å². The number of hydrogen-bond acceptors (Lipinski definition) is 4. The average Bonchev–Trinajstić information content (AvgIpc) is 2.74. The first-order valence-corrected chi connectivity index (χ1v) is 5.06. The van der Waals surface area contributed by atoms with E-state index in [1.165, 1.54) is 11.3 Å². The predicted octanol–water partition coefficient (Wildman–Crippen LogP) is 2.78. The molecule has 2 aromatic rings. The van der Waals surface area contributed by atoms with Gasteiger partial charge in [-0.05, 0) is 19.1 Å². The van der Waals surface area contributed by atoms with Gasteiger partial charge in [-0.15, -0.1) is 11.3 Å². The van der Waals surface area contributed by atoms with Crippen LogP contribution in [0.2, 0.25) is 0 Å². The smallest absolute Gasteiger partial charge is 0.162 e. The molecule has 3 nitrogen and oxygen atoms in total. The van der Waals surface area contributed by atoms with Crippen molar-refractivity contribution in [1.82, 2.24) is 4.98 Å². The van der Waals surface area contributed by atoms with Gasteiger partial charge < -0.3 is 4.42 Å². The third-order valence-corrected chi connectivity index (χ3v) is 2.67. The molecule has 2 heterocycles. The van der Waals surface area contributed by atoms with Crippen molar-refractivity contribution < 1.29 is 4.42 Å². The van der Waals surface area contributed by atoms with Gasteiger partial charge in [0.2, 0.25) is 0 Å². The van der Waals surface area contributed by atoms with Gasteiger partial charge in [-0.25, -0.2) is 4.98 Å². The number of nitrogens with zero attached hydrogens (tertiary/aromatic N) is 2. The van der Waals surface area contributed by atoms with E-state index in [1.807, 2.05) is 24.4 Å². The zero-order chi connectivity index (χ0) is 9.97. The maximum Gasteiger partial charge on any atom is 0.162 e. The monoisotopic (exact) mass is 204 g/mol. The van der Waals surface area contributed by atoms with E-state index in [-0.39, 0.29) is 0 Å². The second kappa shape index (κ2) is 3.64. The number of aryl methyl sites for hydroxylation is 1. The number of nitriles is 1. The van der Waals surface area contributed by atoms with E-state index in [2.05, 4.69) is 11.1 Å². The van der Waals surface area contributed by atoms with Crippen molar-refractivity contribution in [2.75, 3.05) is 0 Å². The largest absolute Gasteiger partial charge is 0.459 e. The average molecular weight is 204 g/mol. The molecule has 0 fully saturated rings. The SMILES string of the molecule is Cc1ccc(-c2nc(CC#N)cs2)o1. The second-order valence-electron chi connectivity index (χ2n) is 2.89. The first-order chi connectivity index (χ1) is 6.79. The van der Waals surface area contributed by atoms with Gasteiger partial charge in [-0.1, -0.05) is 0 Å². The van der Waals surface area contributed by atoms with Crippen molar-refractivity contribution in [1.29, 1.82) is 5.26 Å². The predicted molar refractivity (Wildman–Crippen MR) is 53.9 cm³/mol. The van der Waals surface area contributed by atoms with Crippen LogP contribution in [0.25, 0.3) is 10.8 Å². The van der Waals surface area contributed by atoms with Crippen molar-refractivity contribution in [2.45, 2.75) is 13.3 Å². The summed E-state index contributed by atoms with van der Waals surface area (Å²) in [4.78, 5) is 4.29. The maximum atomic E-state index is 8.49. The van der Waals surface area contributed by atoms with Crippen LogP contribution in [0.5, 0.6) is 0 Å². The number of thiazole rings is 1. The molecule has 0 aliphatic heterocycles. The highest BCUT2D eigenvalue weighted by Crippen LogP contribution is 2.25. The summed E-state index contributed by atoms with van der Waals surface area (Å²) in [5.74, 6) is 1.65. The second-order valence-corrected chi connectivity index (χ2v) is 3.75. The quantitative estimate of drug-likeness (QED) is 0.755. The summed E-state index contributed by atoms with van der Waals surface area (Å²) in [6, 6.07) is 5.86. The van der Waals surface area contributed by atoms with E-state index in [9.17, 15) is 0 Å². The Labute approximate surface area is 85.6 Å². The first-order valence-electron chi connectivity index (χ1n) is 4.18. The van der Waals surface area contributed by atoms with E-state index in [4.69, 9.17) is 9.68 Å². The number of aromatic nitrogens is 1. The molecule has 2 rings (SSSR count). The van der Waals surface area contributed by atoms with Crippen molar-refractivity contribution in [3.63, 3.8) is 0 Å². The summed E-state index contributed by atoms with van der Waals surface area (Å²) < 4.78 is 5.43. The Morgan fingerprint density at radius 2 is 2.43 bits per heavy atom. The van der Waals surface area contributed by atoms with Crippen LogP contribution in [-0.4, -0.2) is 4.98 Å². The highest BCUT2D eigenvalue weighted by molar-refractivity contribution is 7.13. The van der Waals surface area contributed by atoms with Crippen molar-refractivity contribution in [3.8, 4) is 16.8 Å². The fourth-order valence-corrected chi connectivity index (χ4v) is 1.91. The summed E-state index contributed by atoms with van der Waals surface area (Å²) >= 11 is 1.50. The fraction of sp³-hybridized carbons (Fsp3) is 0.200. The molecule has 4 heteroatoms. The van der Waals surface area contributed by atoms with Crippen LogP contribution in [0.4, 0.5) is 0 Å². The molecule has 0 saturated carbocycles. The van der Waals surface area contributed by atoms with Gasteiger partial charge in [0.25, 0.3) is 0 Å². The van der Waals surface area contributed by atoms with Crippen LogP contribution >= 0.6 is 11.3 Å². The van der Waals surface area contributed by atoms with Crippen LogP contribution in [0.15, 0.2) is 21.9 Å². The molecular formula is C10H8N2OS. The highest BCUT2D eigenvalue weighted by atomic mass is 32.1. The third kappa shape index (κ3) is 1.68. The molecule has 0 N–H and O–H groups in total. The zero-order valence-corrected chi connectivity index (χ0v) is 8.47. The molecule has 2 aromatic heterocycles. The minimum atomic E-state index is 0.357. The molecule has 0 aliphatic carbocycles. The Morgan fingerprint density at radius 3 is 3.07 bits per heavy atom. The molecule has 0 unspecified atom stereocenters. The summed E-state index contributed by atoms with van der Waals surface area (Å²) in [6.07, 6.45) is 0.357. The van der Waals surface area contributed by atoms with Gasteiger partial charge in [-0.2, -0.15) is 5.26 Å². The normalized spacial score (nSPS) is 10.0. The minimum Gasteiger partial charge on any atom is -0.459 e. The van der Waals surface area contributed by atoms with E-state index in [1.54, 1.807) is 0 Å². The van der Waals surface area contributed by atoms with Crippen LogP contribution in [0.1, 0.15) is 11.5 Å². The standard InChI is InChI=1S/C10H8N2OS/c1-7-2-3-9(13-7)10-12-8(4-5-11)6-14-10/h2-3,6H,4H2,1H3. The lowest BCUT2D eigenvalue weighted by molar-refractivity contribution is 0.548. The van der Waals surface area contributed by atoms with Crippen LogP contribution < -0.4 is 0 Å². The van der Waals surface area contributed by atoms with Crippen LogP contribution in [0, 0.1) is 18.3 Å². The van der Waals surface area contributed by atoms with Gasteiger partial charge in [-0.3, -0.25) is 0 Å². The molecule has 0 radical (unpaired) electrons. The minimum absolute atomic E-state index is 0.357. The zero-order valence-electron chi connectivity index (χ0n) is 7.65. The highest BCUT2D eigenvalue weighted by Gasteiger charge is 2.07. The molecule has 0 atom stereocenters. The lowest BCUT2D eigenvalue weighted by Crippen LogP contribution is -1.80. The topological polar surface area (TPSA) is 49.8 Å². The Morgan fingerprint density at radius 1 is 1.57 bits per heavy atom.